The second-order valence-electron chi connectivity index (χ2n) is 3.80. The topological polar surface area (TPSA) is 35.3 Å². The van der Waals surface area contributed by atoms with Crippen LogP contribution in [0.4, 0.5) is 0 Å². The quantitative estimate of drug-likeness (QED) is 0.687. The number of aromatic nitrogens is 1. The highest BCUT2D eigenvalue weighted by atomic mass is 32.1. The summed E-state index contributed by atoms with van der Waals surface area (Å²) in [7, 11) is 1.63. The van der Waals surface area contributed by atoms with Crippen molar-refractivity contribution >= 4 is 22.3 Å². The summed E-state index contributed by atoms with van der Waals surface area (Å²) in [6.07, 6.45) is 0. The molecule has 3 nitrogen and oxygen atoms in total. The summed E-state index contributed by atoms with van der Waals surface area (Å²) in [6.45, 7) is 2.08. The molecule has 2 aromatic heterocycles. The van der Waals surface area contributed by atoms with E-state index in [4.69, 9.17) is 9.26 Å². The number of benzene rings is 1. The standard InChI is InChI=1S/C13H11NO2S/c1-8-6-7-17-13(8)11-9-4-3-5-10(15-2)12(9)16-14-11/h3-7H,1-2H3. The Bertz CT molecular complexity index is 669. The molecule has 0 saturated carbocycles. The van der Waals surface area contributed by atoms with Crippen molar-refractivity contribution in [3.05, 3.63) is 35.2 Å². The van der Waals surface area contributed by atoms with Crippen molar-refractivity contribution in [2.45, 2.75) is 6.92 Å². The van der Waals surface area contributed by atoms with Gasteiger partial charge in [0.25, 0.3) is 0 Å². The third-order valence-electron chi connectivity index (χ3n) is 2.76. The molecular formula is C13H11NO2S. The van der Waals surface area contributed by atoms with Gasteiger partial charge in [0.2, 0.25) is 5.58 Å². The van der Waals surface area contributed by atoms with Crippen molar-refractivity contribution in [2.24, 2.45) is 0 Å². The van der Waals surface area contributed by atoms with Crippen molar-refractivity contribution in [1.82, 2.24) is 5.16 Å². The van der Waals surface area contributed by atoms with Gasteiger partial charge < -0.3 is 9.26 Å². The lowest BCUT2D eigenvalue weighted by atomic mass is 10.1. The van der Waals surface area contributed by atoms with E-state index in [9.17, 15) is 0 Å². The van der Waals surface area contributed by atoms with Crippen molar-refractivity contribution < 1.29 is 9.26 Å². The van der Waals surface area contributed by atoms with Gasteiger partial charge in [-0.3, -0.25) is 0 Å². The molecule has 1 aromatic carbocycles. The van der Waals surface area contributed by atoms with Crippen LogP contribution in [0.3, 0.4) is 0 Å². The molecule has 0 fully saturated rings. The first-order valence-electron chi connectivity index (χ1n) is 5.28. The maximum Gasteiger partial charge on any atom is 0.209 e. The number of nitrogens with zero attached hydrogens (tertiary/aromatic N) is 1. The molecule has 4 heteroatoms. The van der Waals surface area contributed by atoms with Crippen LogP contribution in [-0.4, -0.2) is 12.3 Å². The molecule has 3 aromatic rings. The Labute approximate surface area is 103 Å². The number of methoxy groups -OCH3 is 1. The van der Waals surface area contributed by atoms with Gasteiger partial charge in [-0.25, -0.2) is 0 Å². The first-order chi connectivity index (χ1) is 8.31. The van der Waals surface area contributed by atoms with Crippen LogP contribution in [0, 0.1) is 6.92 Å². The zero-order valence-electron chi connectivity index (χ0n) is 9.56. The molecule has 0 unspecified atom stereocenters. The van der Waals surface area contributed by atoms with Crippen LogP contribution < -0.4 is 4.74 Å². The Morgan fingerprint density at radius 1 is 1.29 bits per heavy atom. The molecule has 0 aliphatic heterocycles. The second kappa shape index (κ2) is 3.89. The lowest BCUT2D eigenvalue weighted by Crippen LogP contribution is -1.82. The third kappa shape index (κ3) is 1.52. The predicted molar refractivity (Wildman–Crippen MR) is 68.6 cm³/mol. The van der Waals surface area contributed by atoms with Gasteiger partial charge in [0.1, 0.15) is 5.69 Å². The van der Waals surface area contributed by atoms with E-state index in [0.29, 0.717) is 5.58 Å². The van der Waals surface area contributed by atoms with Crippen LogP contribution in [0.1, 0.15) is 5.56 Å². The van der Waals surface area contributed by atoms with E-state index in [0.717, 1.165) is 21.7 Å². The van der Waals surface area contributed by atoms with Gasteiger partial charge >= 0.3 is 0 Å². The average molecular weight is 245 g/mol. The van der Waals surface area contributed by atoms with E-state index in [1.807, 2.05) is 18.2 Å². The second-order valence-corrected chi connectivity index (χ2v) is 4.72. The van der Waals surface area contributed by atoms with Gasteiger partial charge in [0.15, 0.2) is 5.75 Å². The fourth-order valence-electron chi connectivity index (χ4n) is 1.88. The first-order valence-corrected chi connectivity index (χ1v) is 6.16. The van der Waals surface area contributed by atoms with Crippen LogP contribution in [-0.2, 0) is 0 Å². The van der Waals surface area contributed by atoms with Gasteiger partial charge in [-0.2, -0.15) is 0 Å². The Kier molecular flexibility index (Phi) is 2.37. The van der Waals surface area contributed by atoms with Gasteiger partial charge in [-0.1, -0.05) is 11.2 Å². The van der Waals surface area contributed by atoms with Crippen LogP contribution >= 0.6 is 11.3 Å². The van der Waals surface area contributed by atoms with E-state index in [2.05, 4.69) is 23.5 Å². The number of ether oxygens (including phenoxy) is 1. The van der Waals surface area contributed by atoms with Crippen molar-refractivity contribution in [3.63, 3.8) is 0 Å². The molecule has 17 heavy (non-hydrogen) atoms. The number of aryl methyl sites for hydroxylation is 1. The van der Waals surface area contributed by atoms with Crippen LogP contribution in [0.25, 0.3) is 21.5 Å². The summed E-state index contributed by atoms with van der Waals surface area (Å²) in [4.78, 5) is 1.15. The minimum Gasteiger partial charge on any atom is -0.493 e. The van der Waals surface area contributed by atoms with Crippen molar-refractivity contribution in [3.8, 4) is 16.3 Å². The van der Waals surface area contributed by atoms with Crippen LogP contribution in [0.5, 0.6) is 5.75 Å². The fourth-order valence-corrected chi connectivity index (χ4v) is 2.80. The number of para-hydroxylation sites is 1. The van der Waals surface area contributed by atoms with Gasteiger partial charge in [-0.05, 0) is 36.1 Å². The SMILES string of the molecule is COc1cccc2c(-c3sccc3C)noc12. The summed E-state index contributed by atoms with van der Waals surface area (Å²) >= 11 is 1.67. The third-order valence-corrected chi connectivity index (χ3v) is 3.78. The highest BCUT2D eigenvalue weighted by Gasteiger charge is 2.15. The maximum absolute atomic E-state index is 5.38. The van der Waals surface area contributed by atoms with Crippen LogP contribution in [0.15, 0.2) is 34.2 Å². The zero-order valence-corrected chi connectivity index (χ0v) is 10.4. The lowest BCUT2D eigenvalue weighted by molar-refractivity contribution is 0.394. The number of hydrogen-bond donors (Lipinski definition) is 0. The molecule has 86 valence electrons. The highest BCUT2D eigenvalue weighted by molar-refractivity contribution is 7.13. The molecule has 2 heterocycles. The molecule has 0 spiro atoms. The molecule has 3 rings (SSSR count). The number of hydrogen-bond acceptors (Lipinski definition) is 4. The smallest absolute Gasteiger partial charge is 0.209 e. The van der Waals surface area contributed by atoms with Crippen molar-refractivity contribution in [1.29, 1.82) is 0 Å². The fraction of sp³-hybridized carbons (Fsp3) is 0.154. The molecule has 0 saturated heterocycles. The van der Waals surface area contributed by atoms with Gasteiger partial charge in [0.05, 0.1) is 17.4 Å². The molecule has 0 radical (unpaired) electrons. The minimum absolute atomic E-state index is 0.706. The number of thiophene rings is 1. The summed E-state index contributed by atoms with van der Waals surface area (Å²) < 4.78 is 10.6. The van der Waals surface area contributed by atoms with E-state index in [1.165, 1.54) is 5.56 Å². The normalized spacial score (nSPS) is 10.9. The summed E-state index contributed by atoms with van der Waals surface area (Å²) in [6, 6.07) is 7.91. The molecule has 0 aliphatic rings. The number of rotatable bonds is 2. The van der Waals surface area contributed by atoms with Crippen molar-refractivity contribution in [2.75, 3.05) is 7.11 Å². The minimum atomic E-state index is 0.706. The first kappa shape index (κ1) is 10.4. The molecule has 0 atom stereocenters. The predicted octanol–water partition coefficient (Wildman–Crippen LogP) is 3.87. The zero-order chi connectivity index (χ0) is 11.8. The Hall–Kier alpha value is -1.81. The largest absolute Gasteiger partial charge is 0.493 e. The molecule has 0 bridgehead atoms. The Morgan fingerprint density at radius 2 is 2.18 bits per heavy atom. The molecule has 0 N–H and O–H groups in total. The average Bonchev–Trinajstić information content (AvgIpc) is 2.94. The molecule has 0 amide bonds. The van der Waals surface area contributed by atoms with E-state index in [-0.39, 0.29) is 0 Å². The maximum atomic E-state index is 5.38. The van der Waals surface area contributed by atoms with E-state index < -0.39 is 0 Å². The molecular weight excluding hydrogens is 234 g/mol. The van der Waals surface area contributed by atoms with E-state index in [1.54, 1.807) is 18.4 Å². The summed E-state index contributed by atoms with van der Waals surface area (Å²) in [5, 5.41) is 7.22. The highest BCUT2D eigenvalue weighted by Crippen LogP contribution is 2.36. The monoisotopic (exact) mass is 245 g/mol. The Morgan fingerprint density at radius 3 is 2.88 bits per heavy atom. The summed E-state index contributed by atoms with van der Waals surface area (Å²) in [5.74, 6) is 0.718. The van der Waals surface area contributed by atoms with E-state index >= 15 is 0 Å². The lowest BCUT2D eigenvalue weighted by Gasteiger charge is -1.98. The molecule has 0 aliphatic carbocycles. The van der Waals surface area contributed by atoms with Crippen LogP contribution in [0.2, 0.25) is 0 Å². The summed E-state index contributed by atoms with van der Waals surface area (Å²) in [5.41, 5.74) is 2.82. The van der Waals surface area contributed by atoms with Gasteiger partial charge in [0, 0.05) is 0 Å². The van der Waals surface area contributed by atoms with Gasteiger partial charge in [-0.15, -0.1) is 11.3 Å². The number of fused-ring (bicyclic) bond motifs is 1. The Balaban J connectivity index is 2.29.